The smallest absolute Gasteiger partial charge is 0.265 e. The van der Waals surface area contributed by atoms with Gasteiger partial charge < -0.3 is 10.8 Å². The van der Waals surface area contributed by atoms with Gasteiger partial charge in [0.15, 0.2) is 0 Å². The quantitative estimate of drug-likeness (QED) is 0.768. The minimum absolute atomic E-state index is 0.0181. The molecule has 1 aromatic heterocycles. The van der Waals surface area contributed by atoms with Crippen molar-refractivity contribution in [2.45, 2.75) is 18.9 Å². The average Bonchev–Trinajstić information content (AvgIpc) is 2.16. The Morgan fingerprint density at radius 3 is 2.64 bits per heavy atom. The number of halogens is 3. The van der Waals surface area contributed by atoms with Crippen molar-refractivity contribution in [2.75, 3.05) is 5.73 Å². The zero-order valence-corrected chi connectivity index (χ0v) is 7.93. The van der Waals surface area contributed by atoms with Crippen LogP contribution in [0.4, 0.5) is 14.6 Å². The lowest BCUT2D eigenvalue weighted by Crippen LogP contribution is -2.05. The van der Waals surface area contributed by atoms with Crippen molar-refractivity contribution in [1.82, 2.24) is 4.98 Å². The molecule has 0 bridgehead atoms. The second-order valence-electron chi connectivity index (χ2n) is 2.66. The molecule has 6 heteroatoms. The third-order valence-electron chi connectivity index (χ3n) is 1.78. The van der Waals surface area contributed by atoms with E-state index in [0.29, 0.717) is 5.56 Å². The van der Waals surface area contributed by atoms with Crippen molar-refractivity contribution in [3.63, 3.8) is 0 Å². The van der Waals surface area contributed by atoms with E-state index in [1.54, 1.807) is 0 Å². The van der Waals surface area contributed by atoms with Crippen LogP contribution in [0, 0.1) is 0 Å². The second kappa shape index (κ2) is 4.52. The van der Waals surface area contributed by atoms with Gasteiger partial charge in [0.25, 0.3) is 6.43 Å². The molecular weight excluding hydrogens is 214 g/mol. The molecule has 1 rings (SSSR count). The Balaban J connectivity index is 3.25. The number of aromatic nitrogens is 1. The van der Waals surface area contributed by atoms with Crippen LogP contribution in [-0.2, 0) is 12.5 Å². The molecule has 0 fully saturated rings. The first-order chi connectivity index (χ1) is 6.60. The highest BCUT2D eigenvalue weighted by Crippen LogP contribution is 2.26. The van der Waals surface area contributed by atoms with Gasteiger partial charge in [-0.2, -0.15) is 0 Å². The Morgan fingerprint density at radius 1 is 1.57 bits per heavy atom. The SMILES string of the molecule is Nc1nc(CO)c(C(F)F)cc1CCl. The van der Waals surface area contributed by atoms with E-state index in [-0.39, 0.29) is 23.0 Å². The van der Waals surface area contributed by atoms with Gasteiger partial charge in [0.2, 0.25) is 0 Å². The number of hydrogen-bond donors (Lipinski definition) is 2. The molecule has 0 spiro atoms. The number of pyridine rings is 1. The average molecular weight is 223 g/mol. The molecule has 14 heavy (non-hydrogen) atoms. The van der Waals surface area contributed by atoms with E-state index in [4.69, 9.17) is 22.4 Å². The van der Waals surface area contributed by atoms with Crippen LogP contribution in [-0.4, -0.2) is 10.1 Å². The summed E-state index contributed by atoms with van der Waals surface area (Å²) in [5, 5.41) is 8.77. The topological polar surface area (TPSA) is 59.1 Å². The highest BCUT2D eigenvalue weighted by Gasteiger charge is 2.16. The van der Waals surface area contributed by atoms with Gasteiger partial charge >= 0.3 is 0 Å². The minimum Gasteiger partial charge on any atom is -0.390 e. The second-order valence-corrected chi connectivity index (χ2v) is 2.93. The van der Waals surface area contributed by atoms with Crippen molar-refractivity contribution in [1.29, 1.82) is 0 Å². The largest absolute Gasteiger partial charge is 0.390 e. The van der Waals surface area contributed by atoms with Crippen LogP contribution >= 0.6 is 11.6 Å². The first-order valence-corrected chi connectivity index (χ1v) is 4.36. The predicted octanol–water partition coefficient (Wildman–Crippen LogP) is 1.83. The summed E-state index contributed by atoms with van der Waals surface area (Å²) in [5.74, 6) is 0.0954. The summed E-state index contributed by atoms with van der Waals surface area (Å²) >= 11 is 5.48. The van der Waals surface area contributed by atoms with Crippen molar-refractivity contribution >= 4 is 17.4 Å². The molecule has 78 valence electrons. The van der Waals surface area contributed by atoms with Gasteiger partial charge in [0, 0.05) is 11.1 Å². The highest BCUT2D eigenvalue weighted by atomic mass is 35.5. The van der Waals surface area contributed by atoms with Gasteiger partial charge in [-0.1, -0.05) is 0 Å². The summed E-state index contributed by atoms with van der Waals surface area (Å²) in [6.07, 6.45) is -2.69. The molecule has 0 saturated heterocycles. The van der Waals surface area contributed by atoms with Gasteiger partial charge in [-0.25, -0.2) is 13.8 Å². The summed E-state index contributed by atoms with van der Waals surface area (Å²) in [6, 6.07) is 1.17. The Morgan fingerprint density at radius 2 is 2.21 bits per heavy atom. The molecule has 0 aliphatic carbocycles. The molecule has 3 N–H and O–H groups in total. The Bertz CT molecular complexity index is 333. The monoisotopic (exact) mass is 222 g/mol. The van der Waals surface area contributed by atoms with Gasteiger partial charge in [-0.05, 0) is 6.07 Å². The van der Waals surface area contributed by atoms with Crippen LogP contribution in [0.5, 0.6) is 0 Å². The van der Waals surface area contributed by atoms with E-state index in [1.807, 2.05) is 0 Å². The molecule has 0 unspecified atom stereocenters. The fourth-order valence-corrected chi connectivity index (χ4v) is 1.26. The molecule has 0 radical (unpaired) electrons. The number of rotatable bonds is 3. The van der Waals surface area contributed by atoms with Gasteiger partial charge in [0.1, 0.15) is 5.82 Å². The lowest BCUT2D eigenvalue weighted by atomic mass is 10.1. The number of anilines is 1. The summed E-state index contributed by atoms with van der Waals surface area (Å²) in [4.78, 5) is 3.65. The van der Waals surface area contributed by atoms with Gasteiger partial charge in [0.05, 0.1) is 18.2 Å². The predicted molar refractivity (Wildman–Crippen MR) is 49.1 cm³/mol. The molecule has 0 aliphatic rings. The fraction of sp³-hybridized carbons (Fsp3) is 0.375. The molecule has 0 atom stereocenters. The zero-order chi connectivity index (χ0) is 10.7. The van der Waals surface area contributed by atoms with E-state index in [2.05, 4.69) is 4.98 Å². The summed E-state index contributed by atoms with van der Waals surface area (Å²) in [6.45, 7) is -0.563. The maximum absolute atomic E-state index is 12.4. The fourth-order valence-electron chi connectivity index (χ4n) is 1.05. The van der Waals surface area contributed by atoms with E-state index >= 15 is 0 Å². The molecular formula is C8H9ClF2N2O. The lowest BCUT2D eigenvalue weighted by Gasteiger charge is -2.09. The van der Waals surface area contributed by atoms with E-state index in [0.717, 1.165) is 0 Å². The van der Waals surface area contributed by atoms with Crippen molar-refractivity contribution < 1.29 is 13.9 Å². The number of nitrogens with two attached hydrogens (primary N) is 1. The van der Waals surface area contributed by atoms with Gasteiger partial charge in [-0.3, -0.25) is 0 Å². The zero-order valence-electron chi connectivity index (χ0n) is 7.17. The van der Waals surface area contributed by atoms with Gasteiger partial charge in [-0.15, -0.1) is 11.6 Å². The standard InChI is InChI=1S/C8H9ClF2N2O/c9-2-4-1-5(7(10)11)6(3-14)13-8(4)12/h1,7,14H,2-3H2,(H2,12,13). The number of aliphatic hydroxyl groups is 1. The summed E-state index contributed by atoms with van der Waals surface area (Å²) in [7, 11) is 0. The third-order valence-corrected chi connectivity index (χ3v) is 2.06. The van der Waals surface area contributed by atoms with Crippen LogP contribution in [0.2, 0.25) is 0 Å². The summed E-state index contributed by atoms with van der Waals surface area (Å²) in [5.41, 5.74) is 5.34. The van der Waals surface area contributed by atoms with E-state index < -0.39 is 13.0 Å². The normalized spacial score (nSPS) is 10.9. The number of hydrogen-bond acceptors (Lipinski definition) is 3. The van der Waals surface area contributed by atoms with Crippen molar-refractivity contribution in [3.05, 3.63) is 22.9 Å². The molecule has 0 amide bonds. The number of nitrogen functional groups attached to an aromatic ring is 1. The molecule has 1 aromatic rings. The number of nitrogens with zero attached hydrogens (tertiary/aromatic N) is 1. The summed E-state index contributed by atoms with van der Waals surface area (Å²) < 4.78 is 24.9. The Hall–Kier alpha value is -0.940. The van der Waals surface area contributed by atoms with Crippen LogP contribution in [0.15, 0.2) is 6.07 Å². The maximum atomic E-state index is 12.4. The van der Waals surface area contributed by atoms with E-state index in [9.17, 15) is 8.78 Å². The molecule has 3 nitrogen and oxygen atoms in total. The Kier molecular flexibility index (Phi) is 3.60. The molecule has 0 aliphatic heterocycles. The number of alkyl halides is 3. The molecule has 0 aromatic carbocycles. The Labute approximate surface area is 84.5 Å². The highest BCUT2D eigenvalue weighted by molar-refractivity contribution is 6.17. The van der Waals surface area contributed by atoms with Crippen LogP contribution in [0.3, 0.4) is 0 Å². The lowest BCUT2D eigenvalue weighted by molar-refractivity contribution is 0.146. The van der Waals surface area contributed by atoms with Crippen LogP contribution in [0.25, 0.3) is 0 Å². The maximum Gasteiger partial charge on any atom is 0.265 e. The first-order valence-electron chi connectivity index (χ1n) is 3.83. The molecule has 0 saturated carbocycles. The van der Waals surface area contributed by atoms with Crippen molar-refractivity contribution in [3.8, 4) is 0 Å². The van der Waals surface area contributed by atoms with E-state index in [1.165, 1.54) is 6.07 Å². The van der Waals surface area contributed by atoms with Crippen molar-refractivity contribution in [2.24, 2.45) is 0 Å². The third kappa shape index (κ3) is 2.10. The number of aliphatic hydroxyl groups excluding tert-OH is 1. The van der Waals surface area contributed by atoms with Crippen LogP contribution < -0.4 is 5.73 Å². The minimum atomic E-state index is -2.69. The first kappa shape index (κ1) is 11.1. The molecule has 1 heterocycles. The van der Waals surface area contributed by atoms with Crippen LogP contribution in [0.1, 0.15) is 23.2 Å².